The van der Waals surface area contributed by atoms with Gasteiger partial charge in [0.25, 0.3) is 5.91 Å². The van der Waals surface area contributed by atoms with Gasteiger partial charge in [0.2, 0.25) is 0 Å². The molecule has 0 saturated carbocycles. The molecule has 0 aliphatic carbocycles. The quantitative estimate of drug-likeness (QED) is 0.858. The molecule has 1 saturated heterocycles. The lowest BCUT2D eigenvalue weighted by Gasteiger charge is -2.29. The van der Waals surface area contributed by atoms with Crippen molar-refractivity contribution in [3.8, 4) is 5.75 Å². The maximum Gasteiger partial charge on any atom is 0.257 e. The Bertz CT molecular complexity index is 465. The highest BCUT2D eigenvalue weighted by atomic mass is 19.1. The Morgan fingerprint density at radius 2 is 2.21 bits per heavy atom. The van der Waals surface area contributed by atoms with Gasteiger partial charge in [0.1, 0.15) is 11.6 Å². The summed E-state index contributed by atoms with van der Waals surface area (Å²) >= 11 is 0. The van der Waals surface area contributed by atoms with Gasteiger partial charge in [0, 0.05) is 25.2 Å². The molecule has 0 bridgehead atoms. The first-order valence-corrected chi connectivity index (χ1v) is 6.63. The van der Waals surface area contributed by atoms with Crippen LogP contribution in [0.2, 0.25) is 0 Å². The monoisotopic (exact) mass is 266 g/mol. The number of likely N-dealkylation sites (tertiary alicyclic amines) is 1. The molecular formula is C14H19FN2O2. The van der Waals surface area contributed by atoms with Crippen LogP contribution in [0.1, 0.15) is 36.0 Å². The van der Waals surface area contributed by atoms with Crippen LogP contribution >= 0.6 is 0 Å². The van der Waals surface area contributed by atoms with Gasteiger partial charge in [0.05, 0.1) is 5.56 Å². The maximum atomic E-state index is 13.7. The van der Waals surface area contributed by atoms with E-state index in [4.69, 9.17) is 5.73 Å². The minimum Gasteiger partial charge on any atom is -0.508 e. The van der Waals surface area contributed by atoms with Crippen molar-refractivity contribution in [1.82, 2.24) is 4.90 Å². The fourth-order valence-electron chi connectivity index (χ4n) is 2.52. The Morgan fingerprint density at radius 1 is 1.42 bits per heavy atom. The number of rotatable bonds is 2. The second-order valence-corrected chi connectivity index (χ2v) is 4.90. The van der Waals surface area contributed by atoms with Gasteiger partial charge in [-0.05, 0) is 25.0 Å². The molecule has 1 aromatic carbocycles. The van der Waals surface area contributed by atoms with Crippen LogP contribution in [0.15, 0.2) is 18.2 Å². The van der Waals surface area contributed by atoms with Gasteiger partial charge in [-0.3, -0.25) is 4.79 Å². The number of halogens is 1. The van der Waals surface area contributed by atoms with Crippen LogP contribution in [-0.2, 0) is 0 Å². The Labute approximate surface area is 112 Å². The summed E-state index contributed by atoms with van der Waals surface area (Å²) in [5.41, 5.74) is 5.71. The number of hydrogen-bond acceptors (Lipinski definition) is 3. The first-order chi connectivity index (χ1) is 9.13. The van der Waals surface area contributed by atoms with E-state index in [-0.39, 0.29) is 23.3 Å². The molecule has 0 aromatic heterocycles. The molecule has 1 atom stereocenters. The van der Waals surface area contributed by atoms with E-state index in [2.05, 4.69) is 0 Å². The number of aromatic hydroxyl groups is 1. The topological polar surface area (TPSA) is 66.6 Å². The smallest absolute Gasteiger partial charge is 0.257 e. The Kier molecular flexibility index (Phi) is 4.37. The largest absolute Gasteiger partial charge is 0.508 e. The molecule has 2 rings (SSSR count). The Morgan fingerprint density at radius 3 is 2.89 bits per heavy atom. The minimum absolute atomic E-state index is 0.00171. The van der Waals surface area contributed by atoms with Crippen molar-refractivity contribution in [3.63, 3.8) is 0 Å². The number of phenols is 1. The van der Waals surface area contributed by atoms with Crippen LogP contribution in [0.25, 0.3) is 0 Å². The van der Waals surface area contributed by atoms with Crippen LogP contribution in [0.5, 0.6) is 5.75 Å². The van der Waals surface area contributed by atoms with Crippen molar-refractivity contribution < 1.29 is 14.3 Å². The highest BCUT2D eigenvalue weighted by Gasteiger charge is 2.26. The second kappa shape index (κ2) is 6.02. The molecule has 1 fully saturated rings. The molecule has 1 aromatic rings. The first-order valence-electron chi connectivity index (χ1n) is 6.63. The third-order valence-electron chi connectivity index (χ3n) is 3.59. The number of nitrogens with zero attached hydrogens (tertiary/aromatic N) is 1. The predicted octanol–water partition coefficient (Wildman–Crippen LogP) is 1.87. The lowest BCUT2D eigenvalue weighted by molar-refractivity contribution is 0.0684. The van der Waals surface area contributed by atoms with Gasteiger partial charge in [-0.15, -0.1) is 0 Å². The number of hydrogen-bond donors (Lipinski definition) is 2. The standard InChI is InChI=1S/C14H19FN2O2/c15-13-8-11(18)5-6-12(13)14(19)17-7-3-1-2-4-10(17)9-16/h5-6,8,10,18H,1-4,7,9,16H2. The van der Waals surface area contributed by atoms with Crippen molar-refractivity contribution in [1.29, 1.82) is 0 Å². The first kappa shape index (κ1) is 13.8. The number of phenolic OH excluding ortho intramolecular Hbond substituents is 1. The van der Waals surface area contributed by atoms with E-state index >= 15 is 0 Å². The van der Waals surface area contributed by atoms with Gasteiger partial charge in [-0.1, -0.05) is 12.8 Å². The lowest BCUT2D eigenvalue weighted by Crippen LogP contribution is -2.44. The predicted molar refractivity (Wildman–Crippen MR) is 70.4 cm³/mol. The third kappa shape index (κ3) is 3.04. The van der Waals surface area contributed by atoms with Gasteiger partial charge < -0.3 is 15.7 Å². The van der Waals surface area contributed by atoms with E-state index in [1.165, 1.54) is 12.1 Å². The van der Waals surface area contributed by atoms with E-state index < -0.39 is 5.82 Å². The second-order valence-electron chi connectivity index (χ2n) is 4.90. The molecule has 1 heterocycles. The number of carbonyl (C=O) groups excluding carboxylic acids is 1. The summed E-state index contributed by atoms with van der Waals surface area (Å²) in [6.45, 7) is 1.01. The van der Waals surface area contributed by atoms with Crippen LogP contribution in [-0.4, -0.2) is 35.0 Å². The van der Waals surface area contributed by atoms with E-state index in [9.17, 15) is 14.3 Å². The van der Waals surface area contributed by atoms with Crippen LogP contribution in [0, 0.1) is 5.82 Å². The molecule has 5 heteroatoms. The van der Waals surface area contributed by atoms with Crippen molar-refractivity contribution in [3.05, 3.63) is 29.6 Å². The fourth-order valence-corrected chi connectivity index (χ4v) is 2.52. The molecule has 1 aliphatic heterocycles. The van der Waals surface area contributed by atoms with Crippen LogP contribution < -0.4 is 5.73 Å². The molecule has 19 heavy (non-hydrogen) atoms. The zero-order chi connectivity index (χ0) is 13.8. The van der Waals surface area contributed by atoms with Crippen LogP contribution in [0.4, 0.5) is 4.39 Å². The highest BCUT2D eigenvalue weighted by Crippen LogP contribution is 2.21. The summed E-state index contributed by atoms with van der Waals surface area (Å²) < 4.78 is 13.7. The summed E-state index contributed by atoms with van der Waals surface area (Å²) in [4.78, 5) is 14.1. The van der Waals surface area contributed by atoms with E-state index in [1.54, 1.807) is 4.90 Å². The zero-order valence-electron chi connectivity index (χ0n) is 10.8. The molecule has 1 unspecified atom stereocenters. The summed E-state index contributed by atoms with van der Waals surface area (Å²) in [6, 6.07) is 3.59. The van der Waals surface area contributed by atoms with Gasteiger partial charge in [-0.25, -0.2) is 4.39 Å². The van der Waals surface area contributed by atoms with E-state index in [0.717, 1.165) is 31.7 Å². The molecule has 0 spiro atoms. The average Bonchev–Trinajstić information content (AvgIpc) is 2.63. The zero-order valence-corrected chi connectivity index (χ0v) is 10.8. The van der Waals surface area contributed by atoms with Crippen molar-refractivity contribution in [2.24, 2.45) is 5.73 Å². The van der Waals surface area contributed by atoms with Crippen molar-refractivity contribution in [2.45, 2.75) is 31.7 Å². The molecular weight excluding hydrogens is 247 g/mol. The maximum absolute atomic E-state index is 13.7. The third-order valence-corrected chi connectivity index (χ3v) is 3.59. The van der Waals surface area contributed by atoms with E-state index in [0.29, 0.717) is 13.1 Å². The normalized spacial score (nSPS) is 20.1. The molecule has 104 valence electrons. The number of amides is 1. The van der Waals surface area contributed by atoms with Crippen molar-refractivity contribution >= 4 is 5.91 Å². The van der Waals surface area contributed by atoms with Gasteiger partial charge in [-0.2, -0.15) is 0 Å². The number of benzene rings is 1. The Balaban J connectivity index is 2.25. The lowest BCUT2D eigenvalue weighted by atomic mass is 10.1. The minimum atomic E-state index is -0.690. The number of nitrogens with two attached hydrogens (primary N) is 1. The highest BCUT2D eigenvalue weighted by molar-refractivity contribution is 5.94. The summed E-state index contributed by atoms with van der Waals surface area (Å²) in [7, 11) is 0. The number of carbonyl (C=O) groups is 1. The molecule has 4 nitrogen and oxygen atoms in total. The SMILES string of the molecule is NCC1CCCCCN1C(=O)c1ccc(O)cc1F. The summed E-state index contributed by atoms with van der Waals surface area (Å²) in [6.07, 6.45) is 3.89. The van der Waals surface area contributed by atoms with Crippen molar-refractivity contribution in [2.75, 3.05) is 13.1 Å². The molecule has 0 radical (unpaired) electrons. The van der Waals surface area contributed by atoms with Crippen LogP contribution in [0.3, 0.4) is 0 Å². The van der Waals surface area contributed by atoms with Gasteiger partial charge in [0.15, 0.2) is 0 Å². The van der Waals surface area contributed by atoms with E-state index in [1.807, 2.05) is 0 Å². The van der Waals surface area contributed by atoms with Gasteiger partial charge >= 0.3 is 0 Å². The molecule has 1 amide bonds. The summed E-state index contributed by atoms with van der Waals surface area (Å²) in [5.74, 6) is -1.21. The average molecular weight is 266 g/mol. The molecule has 1 aliphatic rings. The Hall–Kier alpha value is -1.62. The fraction of sp³-hybridized carbons (Fsp3) is 0.500. The summed E-state index contributed by atoms with van der Waals surface area (Å²) in [5, 5.41) is 9.19. The molecule has 3 N–H and O–H groups in total.